The molecule has 1 amide bonds. The zero-order chi connectivity index (χ0) is 18.5. The fourth-order valence-corrected chi connectivity index (χ4v) is 3.01. The molecule has 0 heterocycles. The first kappa shape index (κ1) is 20.2. The number of rotatable bonds is 7. The molecule has 9 heteroatoms. The Balaban J connectivity index is 3.23. The lowest BCUT2D eigenvalue weighted by atomic mass is 10.2. The van der Waals surface area contributed by atoms with Crippen molar-refractivity contribution in [3.05, 3.63) is 28.8 Å². The van der Waals surface area contributed by atoms with E-state index in [1.807, 2.05) is 13.8 Å². The Morgan fingerprint density at radius 1 is 1.38 bits per heavy atom. The highest BCUT2D eigenvalue weighted by atomic mass is 35.5. The van der Waals surface area contributed by atoms with Gasteiger partial charge in [-0.15, -0.1) is 0 Å². The number of amides is 1. The molecule has 134 valence electrons. The van der Waals surface area contributed by atoms with E-state index in [1.54, 1.807) is 0 Å². The van der Waals surface area contributed by atoms with Crippen LogP contribution in [0.5, 0.6) is 0 Å². The molecule has 0 saturated carbocycles. The molecule has 0 radical (unpaired) electrons. The summed E-state index contributed by atoms with van der Waals surface area (Å²) in [5.41, 5.74) is 0.175. The number of carbonyl (C=O) groups excluding carboxylic acids is 2. The summed E-state index contributed by atoms with van der Waals surface area (Å²) in [7, 11) is -2.58. The molecule has 0 aliphatic heterocycles. The molecule has 1 aromatic carbocycles. The van der Waals surface area contributed by atoms with Crippen LogP contribution in [0.1, 0.15) is 30.6 Å². The Morgan fingerprint density at radius 2 is 2.00 bits per heavy atom. The minimum absolute atomic E-state index is 0.0429. The van der Waals surface area contributed by atoms with Crippen LogP contribution in [0.3, 0.4) is 0 Å². The molecule has 0 spiro atoms. The molecular formula is C15H21ClN2O5S. The van der Waals surface area contributed by atoms with Gasteiger partial charge in [0.2, 0.25) is 15.9 Å². The number of ether oxygens (including phenoxy) is 1. The summed E-state index contributed by atoms with van der Waals surface area (Å²) >= 11 is 6.07. The molecule has 0 aliphatic rings. The lowest BCUT2D eigenvalue weighted by Crippen LogP contribution is -2.43. The van der Waals surface area contributed by atoms with Crippen molar-refractivity contribution in [2.45, 2.75) is 26.3 Å². The van der Waals surface area contributed by atoms with Crippen molar-refractivity contribution in [2.75, 3.05) is 24.2 Å². The molecule has 0 saturated heterocycles. The van der Waals surface area contributed by atoms with Crippen LogP contribution in [0, 0.1) is 0 Å². The predicted octanol–water partition coefficient (Wildman–Crippen LogP) is 1.81. The van der Waals surface area contributed by atoms with Gasteiger partial charge < -0.3 is 10.1 Å². The van der Waals surface area contributed by atoms with E-state index < -0.39 is 28.4 Å². The Kier molecular flexibility index (Phi) is 7.04. The van der Waals surface area contributed by atoms with Gasteiger partial charge in [0.05, 0.1) is 29.6 Å². The molecule has 0 bridgehead atoms. The fraction of sp³-hybridized carbons (Fsp3) is 0.467. The lowest BCUT2D eigenvalue weighted by molar-refractivity contribution is -0.120. The molecule has 1 aromatic rings. The highest BCUT2D eigenvalue weighted by Crippen LogP contribution is 2.29. The standard InChI is InChI=1S/C15H21ClN2O5S/c1-5-10(2)17-14(19)9-18(24(4,21)22)13-8-11(15(20)23-3)6-7-12(13)16/h6-8,10H,5,9H2,1-4H3,(H,17,19). The van der Waals surface area contributed by atoms with Crippen LogP contribution in [0.2, 0.25) is 5.02 Å². The van der Waals surface area contributed by atoms with Gasteiger partial charge in [0.25, 0.3) is 0 Å². The first-order valence-electron chi connectivity index (χ1n) is 7.25. The van der Waals surface area contributed by atoms with E-state index in [1.165, 1.54) is 25.3 Å². The molecule has 0 fully saturated rings. The Hall–Kier alpha value is -1.80. The maximum atomic E-state index is 12.1. The lowest BCUT2D eigenvalue weighted by Gasteiger charge is -2.24. The predicted molar refractivity (Wildman–Crippen MR) is 92.9 cm³/mol. The zero-order valence-corrected chi connectivity index (χ0v) is 15.6. The van der Waals surface area contributed by atoms with E-state index in [0.29, 0.717) is 6.42 Å². The molecule has 1 N–H and O–H groups in total. The molecule has 24 heavy (non-hydrogen) atoms. The number of nitrogens with one attached hydrogen (secondary N) is 1. The van der Waals surface area contributed by atoms with Gasteiger partial charge in [0.1, 0.15) is 6.54 Å². The van der Waals surface area contributed by atoms with Crippen molar-refractivity contribution in [3.8, 4) is 0 Å². The zero-order valence-electron chi connectivity index (χ0n) is 14.0. The second-order valence-corrected chi connectivity index (χ2v) is 7.62. The van der Waals surface area contributed by atoms with Gasteiger partial charge in [-0.05, 0) is 31.5 Å². The molecule has 1 atom stereocenters. The van der Waals surface area contributed by atoms with Crippen LogP contribution in [-0.4, -0.2) is 46.2 Å². The summed E-state index contributed by atoms with van der Waals surface area (Å²) < 4.78 is 29.7. The number of hydrogen-bond acceptors (Lipinski definition) is 5. The number of anilines is 1. The third kappa shape index (κ3) is 5.38. The van der Waals surface area contributed by atoms with Gasteiger partial charge in [-0.3, -0.25) is 9.10 Å². The number of benzene rings is 1. The third-order valence-electron chi connectivity index (χ3n) is 3.34. The average molecular weight is 377 g/mol. The van der Waals surface area contributed by atoms with Crippen LogP contribution in [0.4, 0.5) is 5.69 Å². The topological polar surface area (TPSA) is 92.8 Å². The van der Waals surface area contributed by atoms with E-state index in [0.717, 1.165) is 10.6 Å². The summed E-state index contributed by atoms with van der Waals surface area (Å²) in [6.45, 7) is 3.27. The first-order chi connectivity index (χ1) is 11.1. The highest BCUT2D eigenvalue weighted by Gasteiger charge is 2.24. The molecule has 0 aromatic heterocycles. The Labute approximate surface area is 147 Å². The van der Waals surface area contributed by atoms with Crippen molar-refractivity contribution in [3.63, 3.8) is 0 Å². The van der Waals surface area contributed by atoms with Gasteiger partial charge >= 0.3 is 5.97 Å². The molecule has 1 rings (SSSR count). The number of hydrogen-bond donors (Lipinski definition) is 1. The van der Waals surface area contributed by atoms with Crippen LogP contribution in [0.25, 0.3) is 0 Å². The van der Waals surface area contributed by atoms with Gasteiger partial charge in [-0.25, -0.2) is 13.2 Å². The Morgan fingerprint density at radius 3 is 2.50 bits per heavy atom. The van der Waals surface area contributed by atoms with Gasteiger partial charge in [-0.2, -0.15) is 0 Å². The van der Waals surface area contributed by atoms with E-state index in [2.05, 4.69) is 10.1 Å². The number of esters is 1. The van der Waals surface area contributed by atoms with E-state index >= 15 is 0 Å². The Bertz CT molecular complexity index is 721. The van der Waals surface area contributed by atoms with E-state index in [9.17, 15) is 18.0 Å². The summed E-state index contributed by atoms with van der Waals surface area (Å²) in [6, 6.07) is 3.99. The minimum Gasteiger partial charge on any atom is -0.465 e. The number of halogens is 1. The number of carbonyl (C=O) groups is 2. The summed E-state index contributed by atoms with van der Waals surface area (Å²) in [5, 5.41) is 2.79. The summed E-state index contributed by atoms with van der Waals surface area (Å²) in [5.74, 6) is -1.10. The summed E-state index contributed by atoms with van der Waals surface area (Å²) in [4.78, 5) is 23.7. The largest absolute Gasteiger partial charge is 0.465 e. The molecule has 7 nitrogen and oxygen atoms in total. The first-order valence-corrected chi connectivity index (χ1v) is 9.47. The second kappa shape index (κ2) is 8.34. The number of nitrogens with zero attached hydrogens (tertiary/aromatic N) is 1. The van der Waals surface area contributed by atoms with Crippen LogP contribution >= 0.6 is 11.6 Å². The quantitative estimate of drug-likeness (QED) is 0.732. The van der Waals surface area contributed by atoms with Crippen LogP contribution in [0.15, 0.2) is 18.2 Å². The third-order valence-corrected chi connectivity index (χ3v) is 4.79. The van der Waals surface area contributed by atoms with Gasteiger partial charge in [0, 0.05) is 6.04 Å². The van der Waals surface area contributed by atoms with Crippen molar-refractivity contribution in [1.29, 1.82) is 0 Å². The van der Waals surface area contributed by atoms with Crippen molar-refractivity contribution >= 4 is 39.2 Å². The van der Waals surface area contributed by atoms with Crippen LogP contribution < -0.4 is 9.62 Å². The number of sulfonamides is 1. The SMILES string of the molecule is CCC(C)NC(=O)CN(c1cc(C(=O)OC)ccc1Cl)S(C)(=O)=O. The fourth-order valence-electron chi connectivity index (χ4n) is 1.88. The average Bonchev–Trinajstić information content (AvgIpc) is 2.51. The van der Waals surface area contributed by atoms with Crippen molar-refractivity contribution < 1.29 is 22.7 Å². The molecule has 0 aliphatic carbocycles. The smallest absolute Gasteiger partial charge is 0.337 e. The van der Waals surface area contributed by atoms with E-state index in [4.69, 9.17) is 11.6 Å². The highest BCUT2D eigenvalue weighted by molar-refractivity contribution is 7.92. The molecular weight excluding hydrogens is 356 g/mol. The van der Waals surface area contributed by atoms with Crippen molar-refractivity contribution in [2.24, 2.45) is 0 Å². The summed E-state index contributed by atoms with van der Waals surface area (Å²) in [6.07, 6.45) is 1.67. The normalized spacial score (nSPS) is 12.4. The number of methoxy groups -OCH3 is 1. The van der Waals surface area contributed by atoms with Crippen LogP contribution in [-0.2, 0) is 19.6 Å². The van der Waals surface area contributed by atoms with Crippen molar-refractivity contribution in [1.82, 2.24) is 5.32 Å². The monoisotopic (exact) mass is 376 g/mol. The van der Waals surface area contributed by atoms with Gasteiger partial charge in [-0.1, -0.05) is 18.5 Å². The maximum Gasteiger partial charge on any atom is 0.337 e. The van der Waals surface area contributed by atoms with Gasteiger partial charge in [0.15, 0.2) is 0 Å². The molecule has 1 unspecified atom stereocenters. The second-order valence-electron chi connectivity index (χ2n) is 5.30. The van der Waals surface area contributed by atoms with E-state index in [-0.39, 0.29) is 22.3 Å². The minimum atomic E-state index is -3.79. The maximum absolute atomic E-state index is 12.1.